The van der Waals surface area contributed by atoms with Crippen molar-refractivity contribution in [1.82, 2.24) is 24.7 Å². The molecule has 3 aromatic rings. The molecule has 0 aromatic carbocycles. The normalized spacial score (nSPS) is 15.8. The summed E-state index contributed by atoms with van der Waals surface area (Å²) in [5, 5.41) is 4.09. The van der Waals surface area contributed by atoms with Crippen LogP contribution in [0.4, 0.5) is 13.2 Å². The molecule has 33 heavy (non-hydrogen) atoms. The quantitative estimate of drug-likeness (QED) is 0.460. The molecule has 1 aliphatic carbocycles. The van der Waals surface area contributed by atoms with Gasteiger partial charge in [-0.15, -0.1) is 0 Å². The van der Waals surface area contributed by atoms with Gasteiger partial charge in [0.25, 0.3) is 0 Å². The van der Waals surface area contributed by atoms with Gasteiger partial charge in [0.2, 0.25) is 0 Å². The summed E-state index contributed by atoms with van der Waals surface area (Å²) in [6.07, 6.45) is 9.14. The number of hydrogen-bond donors (Lipinski definition) is 0. The Bertz CT molecular complexity index is 1000. The lowest BCUT2D eigenvalue weighted by Crippen LogP contribution is -2.11. The van der Waals surface area contributed by atoms with Crippen molar-refractivity contribution in [3.8, 4) is 0 Å². The van der Waals surface area contributed by atoms with E-state index in [0.717, 1.165) is 24.9 Å². The van der Waals surface area contributed by atoms with Crippen LogP contribution in [0.25, 0.3) is 11.0 Å². The number of rotatable bonds is 4. The fourth-order valence-corrected chi connectivity index (χ4v) is 3.21. The zero-order chi connectivity index (χ0) is 23.7. The minimum absolute atomic E-state index is 0.146. The third-order valence-electron chi connectivity index (χ3n) is 5.24. The summed E-state index contributed by atoms with van der Waals surface area (Å²) in [5.41, 5.74) is 1.69. The van der Waals surface area contributed by atoms with E-state index in [-0.39, 0.29) is 12.8 Å². The first-order chi connectivity index (χ1) is 15.8. The van der Waals surface area contributed by atoms with Gasteiger partial charge in [-0.3, -0.25) is 14.6 Å². The number of fused-ring (bicyclic) bond motifs is 1. The van der Waals surface area contributed by atoms with E-state index in [1.807, 2.05) is 23.1 Å². The van der Waals surface area contributed by atoms with Gasteiger partial charge in [-0.25, -0.2) is 4.98 Å². The number of hydrogen-bond acceptors (Lipinski definition) is 5. The van der Waals surface area contributed by atoms with Gasteiger partial charge < -0.3 is 4.74 Å². The van der Waals surface area contributed by atoms with Crippen molar-refractivity contribution in [2.45, 2.75) is 64.1 Å². The van der Waals surface area contributed by atoms with E-state index in [2.05, 4.69) is 26.6 Å². The van der Waals surface area contributed by atoms with Crippen LogP contribution in [-0.4, -0.2) is 44.1 Å². The fourth-order valence-electron chi connectivity index (χ4n) is 3.21. The Morgan fingerprint density at radius 1 is 1.15 bits per heavy atom. The third kappa shape index (κ3) is 8.24. The van der Waals surface area contributed by atoms with Gasteiger partial charge in [0.1, 0.15) is 5.52 Å². The Morgan fingerprint density at radius 3 is 2.45 bits per heavy atom. The highest BCUT2D eigenvalue weighted by Gasteiger charge is 2.31. The Balaban J connectivity index is 0.000000176. The highest BCUT2D eigenvalue weighted by Crippen LogP contribution is 2.33. The standard InChI is InChI=1S/C13H12F3N3.C6H8N2.C5H10O/c1-8(13(14,15)16)3-4-10-12-11(5-6-17-10)19-9(2)7-18-12;1-4-7-8(5-1)6-2-3-6;1-2-4-6-5-3-1/h5-7H,1,3-4H2,2H3;1,4-6H,2-3H2;1-5H2. The van der Waals surface area contributed by atoms with Gasteiger partial charge in [0.05, 0.1) is 22.9 Å². The maximum absolute atomic E-state index is 12.4. The van der Waals surface area contributed by atoms with Gasteiger partial charge in [0, 0.05) is 43.6 Å². The van der Waals surface area contributed by atoms with Crippen LogP contribution in [0.3, 0.4) is 0 Å². The van der Waals surface area contributed by atoms with Gasteiger partial charge in [-0.05, 0) is 64.0 Å². The van der Waals surface area contributed by atoms with E-state index in [9.17, 15) is 13.2 Å². The molecule has 178 valence electrons. The maximum Gasteiger partial charge on any atom is 0.412 e. The van der Waals surface area contributed by atoms with Crippen LogP contribution >= 0.6 is 0 Å². The zero-order valence-corrected chi connectivity index (χ0v) is 18.9. The Hall–Kier alpha value is -2.81. The second kappa shape index (κ2) is 11.9. The molecule has 0 atom stereocenters. The summed E-state index contributed by atoms with van der Waals surface area (Å²) in [4.78, 5) is 12.5. The van der Waals surface area contributed by atoms with Crippen LogP contribution in [0.15, 0.2) is 49.1 Å². The molecule has 5 rings (SSSR count). The maximum atomic E-state index is 12.4. The van der Waals surface area contributed by atoms with Crippen LogP contribution in [-0.2, 0) is 11.2 Å². The van der Waals surface area contributed by atoms with Gasteiger partial charge in [-0.1, -0.05) is 6.58 Å². The Labute approximate surface area is 191 Å². The van der Waals surface area contributed by atoms with Crippen LogP contribution in [0, 0.1) is 6.92 Å². The molecular weight excluding hydrogens is 431 g/mol. The summed E-state index contributed by atoms with van der Waals surface area (Å²) in [7, 11) is 0. The second-order valence-electron chi connectivity index (χ2n) is 8.13. The number of aromatic nitrogens is 5. The smallest absolute Gasteiger partial charge is 0.381 e. The molecule has 4 heterocycles. The lowest BCUT2D eigenvalue weighted by molar-refractivity contribution is -0.0935. The fraction of sp³-hybridized carbons (Fsp3) is 0.500. The van der Waals surface area contributed by atoms with Crippen molar-refractivity contribution in [1.29, 1.82) is 0 Å². The highest BCUT2D eigenvalue weighted by atomic mass is 19.4. The topological polar surface area (TPSA) is 65.7 Å². The van der Waals surface area contributed by atoms with Crippen molar-refractivity contribution >= 4 is 11.0 Å². The molecule has 0 radical (unpaired) electrons. The molecule has 0 amide bonds. The first-order valence-corrected chi connectivity index (χ1v) is 11.2. The molecule has 0 bridgehead atoms. The van der Waals surface area contributed by atoms with Gasteiger partial charge in [-0.2, -0.15) is 18.3 Å². The molecule has 9 heteroatoms. The summed E-state index contributed by atoms with van der Waals surface area (Å²) < 4.78 is 44.2. The summed E-state index contributed by atoms with van der Waals surface area (Å²) >= 11 is 0. The number of nitrogens with zero attached hydrogens (tertiary/aromatic N) is 5. The average molecular weight is 462 g/mol. The summed E-state index contributed by atoms with van der Waals surface area (Å²) in [6.45, 7) is 6.85. The van der Waals surface area contributed by atoms with E-state index < -0.39 is 11.7 Å². The SMILES string of the molecule is C1CCOCC1.C=C(CCc1nccc2nc(C)cnc12)C(F)(F)F.c1cnn(C2CC2)c1. The number of alkyl halides is 3. The second-order valence-corrected chi connectivity index (χ2v) is 8.13. The lowest BCUT2D eigenvalue weighted by Gasteiger charge is -2.10. The molecule has 0 unspecified atom stereocenters. The van der Waals surface area contributed by atoms with Crippen LogP contribution in [0.1, 0.15) is 56.0 Å². The molecule has 2 aliphatic rings. The van der Waals surface area contributed by atoms with Gasteiger partial charge >= 0.3 is 6.18 Å². The predicted molar refractivity (Wildman–Crippen MR) is 121 cm³/mol. The van der Waals surface area contributed by atoms with E-state index >= 15 is 0 Å². The van der Waals surface area contributed by atoms with Crippen molar-refractivity contribution in [3.63, 3.8) is 0 Å². The van der Waals surface area contributed by atoms with Gasteiger partial charge in [0.15, 0.2) is 0 Å². The molecule has 0 spiro atoms. The van der Waals surface area contributed by atoms with Crippen LogP contribution in [0.2, 0.25) is 0 Å². The van der Waals surface area contributed by atoms with Crippen LogP contribution < -0.4 is 0 Å². The van der Waals surface area contributed by atoms with E-state index in [4.69, 9.17) is 4.74 Å². The largest absolute Gasteiger partial charge is 0.412 e. The number of allylic oxidation sites excluding steroid dienone is 1. The number of aryl methyl sites for hydroxylation is 2. The molecular formula is C24H30F3N5O. The first-order valence-electron chi connectivity index (χ1n) is 11.2. The van der Waals surface area contributed by atoms with Crippen molar-refractivity contribution in [2.24, 2.45) is 0 Å². The molecule has 3 aromatic heterocycles. The monoisotopic (exact) mass is 461 g/mol. The molecule has 1 saturated carbocycles. The van der Waals surface area contributed by atoms with Crippen molar-refractivity contribution < 1.29 is 17.9 Å². The summed E-state index contributed by atoms with van der Waals surface area (Å²) in [5.74, 6) is 0. The highest BCUT2D eigenvalue weighted by molar-refractivity contribution is 5.76. The summed E-state index contributed by atoms with van der Waals surface area (Å²) in [6, 6.07) is 4.40. The number of ether oxygens (including phenoxy) is 1. The van der Waals surface area contributed by atoms with Crippen molar-refractivity contribution in [2.75, 3.05) is 13.2 Å². The van der Waals surface area contributed by atoms with Crippen molar-refractivity contribution in [3.05, 3.63) is 60.5 Å². The predicted octanol–water partition coefficient (Wildman–Crippen LogP) is 5.79. The van der Waals surface area contributed by atoms with E-state index in [1.54, 1.807) is 19.2 Å². The average Bonchev–Trinajstić information content (AvgIpc) is 3.52. The van der Waals surface area contributed by atoms with E-state index in [1.165, 1.54) is 38.3 Å². The lowest BCUT2D eigenvalue weighted by atomic mass is 10.1. The molecule has 0 N–H and O–H groups in total. The number of halogens is 3. The molecule has 1 saturated heterocycles. The minimum atomic E-state index is -4.35. The third-order valence-corrected chi connectivity index (χ3v) is 5.24. The molecule has 2 fully saturated rings. The zero-order valence-electron chi connectivity index (χ0n) is 18.9. The Morgan fingerprint density at radius 2 is 1.91 bits per heavy atom. The first kappa shape index (κ1) is 24.8. The Kier molecular flexibility index (Phi) is 8.94. The minimum Gasteiger partial charge on any atom is -0.381 e. The van der Waals surface area contributed by atoms with E-state index in [0.29, 0.717) is 16.7 Å². The molecule has 1 aliphatic heterocycles. The molecule has 6 nitrogen and oxygen atoms in total. The van der Waals surface area contributed by atoms with Crippen LogP contribution in [0.5, 0.6) is 0 Å². The number of pyridine rings is 1.